The lowest BCUT2D eigenvalue weighted by atomic mass is 10.1. The Labute approximate surface area is 138 Å². The minimum atomic E-state index is -0.598. The van der Waals surface area contributed by atoms with Crippen molar-refractivity contribution in [2.24, 2.45) is 0 Å². The van der Waals surface area contributed by atoms with E-state index in [1.165, 1.54) is 6.07 Å². The van der Waals surface area contributed by atoms with Gasteiger partial charge < -0.3 is 14.5 Å². The summed E-state index contributed by atoms with van der Waals surface area (Å²) in [4.78, 5) is 28.5. The van der Waals surface area contributed by atoms with Gasteiger partial charge >= 0.3 is 5.63 Å². The molecule has 1 amide bonds. The summed E-state index contributed by atoms with van der Waals surface area (Å²) in [6.07, 6.45) is 1.59. The van der Waals surface area contributed by atoms with Gasteiger partial charge in [-0.25, -0.2) is 9.78 Å². The summed E-state index contributed by atoms with van der Waals surface area (Å²) in [6.45, 7) is 4.20. The minimum Gasteiger partial charge on any atom is -0.494 e. The number of hydrogen-bond donors (Lipinski definition) is 1. The van der Waals surface area contributed by atoms with Gasteiger partial charge in [-0.05, 0) is 37.6 Å². The van der Waals surface area contributed by atoms with Crippen LogP contribution < -0.4 is 15.7 Å². The molecule has 1 N–H and O–H groups in total. The van der Waals surface area contributed by atoms with Crippen molar-refractivity contribution in [3.05, 3.63) is 64.1 Å². The summed E-state index contributed by atoms with van der Waals surface area (Å²) in [6, 6.07) is 9.83. The molecule has 6 nitrogen and oxygen atoms in total. The summed E-state index contributed by atoms with van der Waals surface area (Å²) in [7, 11) is 0. The first-order valence-electron chi connectivity index (χ1n) is 7.52. The van der Waals surface area contributed by atoms with Crippen LogP contribution in [-0.2, 0) is 0 Å². The first kappa shape index (κ1) is 15.7. The Balaban J connectivity index is 2.03. The lowest BCUT2D eigenvalue weighted by Gasteiger charge is -2.09. The number of pyridine rings is 1. The van der Waals surface area contributed by atoms with E-state index in [1.54, 1.807) is 30.5 Å². The molecule has 0 unspecified atom stereocenters. The molecule has 0 aliphatic carbocycles. The number of hydrogen-bond acceptors (Lipinski definition) is 5. The second-order valence-electron chi connectivity index (χ2n) is 5.19. The largest absolute Gasteiger partial charge is 0.494 e. The average Bonchev–Trinajstić information content (AvgIpc) is 2.56. The van der Waals surface area contributed by atoms with Crippen molar-refractivity contribution >= 4 is 22.7 Å². The zero-order valence-corrected chi connectivity index (χ0v) is 13.3. The van der Waals surface area contributed by atoms with Crippen LogP contribution in [-0.4, -0.2) is 17.5 Å². The Kier molecular flexibility index (Phi) is 4.29. The number of nitrogens with one attached hydrogen (secondary N) is 1. The van der Waals surface area contributed by atoms with Crippen LogP contribution in [0.1, 0.15) is 22.8 Å². The molecule has 0 atom stereocenters. The van der Waals surface area contributed by atoms with Crippen molar-refractivity contribution in [3.63, 3.8) is 0 Å². The summed E-state index contributed by atoms with van der Waals surface area (Å²) in [5, 5.41) is 3.26. The van der Waals surface area contributed by atoms with Crippen molar-refractivity contribution < 1.29 is 13.9 Å². The number of nitrogens with zero attached hydrogens (tertiary/aromatic N) is 1. The number of anilines is 1. The molecule has 6 heteroatoms. The van der Waals surface area contributed by atoms with Crippen molar-refractivity contribution in [3.8, 4) is 5.75 Å². The summed E-state index contributed by atoms with van der Waals surface area (Å²) < 4.78 is 10.6. The van der Waals surface area contributed by atoms with E-state index in [0.29, 0.717) is 29.1 Å². The quantitative estimate of drug-likeness (QED) is 0.746. The molecule has 0 aliphatic heterocycles. The molecule has 0 saturated heterocycles. The summed E-state index contributed by atoms with van der Waals surface area (Å²) in [5.41, 5.74) is 0.765. The number of ether oxygens (including phenoxy) is 1. The molecule has 0 saturated carbocycles. The number of carbonyl (C=O) groups excluding carboxylic acids is 1. The molecule has 3 rings (SSSR count). The number of amides is 1. The van der Waals surface area contributed by atoms with E-state index in [2.05, 4.69) is 10.3 Å². The third-order valence-electron chi connectivity index (χ3n) is 3.51. The Morgan fingerprint density at radius 3 is 2.88 bits per heavy atom. The van der Waals surface area contributed by atoms with Crippen LogP contribution in [0.5, 0.6) is 5.75 Å². The molecule has 24 heavy (non-hydrogen) atoms. The van der Waals surface area contributed by atoms with Gasteiger partial charge in [-0.15, -0.1) is 0 Å². The van der Waals surface area contributed by atoms with Crippen LogP contribution in [0.3, 0.4) is 0 Å². The van der Waals surface area contributed by atoms with Crippen LogP contribution in [0.2, 0.25) is 0 Å². The highest BCUT2D eigenvalue weighted by Crippen LogP contribution is 2.23. The Bertz CT molecular complexity index is 963. The molecule has 0 bridgehead atoms. The van der Waals surface area contributed by atoms with E-state index >= 15 is 0 Å². The fraction of sp³-hybridized carbons (Fsp3) is 0.167. The molecular formula is C18H16N2O4. The van der Waals surface area contributed by atoms with Gasteiger partial charge in [0.2, 0.25) is 0 Å². The third-order valence-corrected chi connectivity index (χ3v) is 3.51. The van der Waals surface area contributed by atoms with Gasteiger partial charge in [-0.3, -0.25) is 4.79 Å². The average molecular weight is 324 g/mol. The van der Waals surface area contributed by atoms with Crippen molar-refractivity contribution in [1.82, 2.24) is 4.98 Å². The third kappa shape index (κ3) is 3.12. The van der Waals surface area contributed by atoms with Crippen LogP contribution >= 0.6 is 0 Å². The van der Waals surface area contributed by atoms with Gasteiger partial charge in [-0.2, -0.15) is 0 Å². The second kappa shape index (κ2) is 6.54. The molecule has 0 aliphatic rings. The number of benzene rings is 1. The highest BCUT2D eigenvalue weighted by Gasteiger charge is 2.15. The van der Waals surface area contributed by atoms with Crippen LogP contribution in [0.15, 0.2) is 51.8 Å². The lowest BCUT2D eigenvalue weighted by molar-refractivity contribution is 0.102. The molecule has 2 aromatic heterocycles. The van der Waals surface area contributed by atoms with Gasteiger partial charge in [0.15, 0.2) is 0 Å². The lowest BCUT2D eigenvalue weighted by Crippen LogP contribution is -2.16. The number of aromatic nitrogens is 1. The Morgan fingerprint density at radius 2 is 2.12 bits per heavy atom. The second-order valence-corrected chi connectivity index (χ2v) is 5.19. The summed E-state index contributed by atoms with van der Waals surface area (Å²) in [5.74, 6) is 0.611. The standard InChI is InChI=1S/C18H16N2O4/c1-3-23-12-6-7-13-14(10-16(21)24-15(13)9-12)18(22)20-17-11(2)5-4-8-19-17/h4-10H,3H2,1-2H3,(H,19,20,22). The van der Waals surface area contributed by atoms with E-state index in [-0.39, 0.29) is 5.56 Å². The van der Waals surface area contributed by atoms with Crippen LogP contribution in [0, 0.1) is 6.92 Å². The Morgan fingerprint density at radius 1 is 1.29 bits per heavy atom. The number of rotatable bonds is 4. The topological polar surface area (TPSA) is 81.4 Å². The van der Waals surface area contributed by atoms with Crippen LogP contribution in [0.4, 0.5) is 5.82 Å². The van der Waals surface area contributed by atoms with Gasteiger partial charge in [0.25, 0.3) is 5.91 Å². The predicted molar refractivity (Wildman–Crippen MR) is 90.6 cm³/mol. The molecule has 3 aromatic rings. The summed E-state index contributed by atoms with van der Waals surface area (Å²) >= 11 is 0. The van der Waals surface area contributed by atoms with E-state index in [9.17, 15) is 9.59 Å². The van der Waals surface area contributed by atoms with E-state index in [1.807, 2.05) is 19.9 Å². The first-order valence-corrected chi connectivity index (χ1v) is 7.52. The number of aryl methyl sites for hydroxylation is 1. The van der Waals surface area contributed by atoms with Crippen molar-refractivity contribution in [2.75, 3.05) is 11.9 Å². The van der Waals surface area contributed by atoms with Crippen molar-refractivity contribution in [2.45, 2.75) is 13.8 Å². The molecule has 2 heterocycles. The highest BCUT2D eigenvalue weighted by atomic mass is 16.5. The Hall–Kier alpha value is -3.15. The van der Waals surface area contributed by atoms with E-state index in [4.69, 9.17) is 9.15 Å². The van der Waals surface area contributed by atoms with E-state index < -0.39 is 11.5 Å². The zero-order valence-electron chi connectivity index (χ0n) is 13.3. The molecule has 122 valence electrons. The normalized spacial score (nSPS) is 10.6. The van der Waals surface area contributed by atoms with Crippen molar-refractivity contribution in [1.29, 1.82) is 0 Å². The zero-order chi connectivity index (χ0) is 17.1. The number of fused-ring (bicyclic) bond motifs is 1. The van der Waals surface area contributed by atoms with Gasteiger partial charge in [0.05, 0.1) is 12.2 Å². The van der Waals surface area contributed by atoms with Gasteiger partial charge in [-0.1, -0.05) is 6.07 Å². The molecular weight excluding hydrogens is 308 g/mol. The number of carbonyl (C=O) groups is 1. The monoisotopic (exact) mass is 324 g/mol. The maximum absolute atomic E-state index is 12.6. The fourth-order valence-corrected chi connectivity index (χ4v) is 2.38. The first-order chi connectivity index (χ1) is 11.6. The van der Waals surface area contributed by atoms with Gasteiger partial charge in [0, 0.05) is 23.7 Å². The smallest absolute Gasteiger partial charge is 0.337 e. The molecule has 1 aromatic carbocycles. The van der Waals surface area contributed by atoms with Gasteiger partial charge in [0.1, 0.15) is 17.2 Å². The van der Waals surface area contributed by atoms with Crippen LogP contribution in [0.25, 0.3) is 11.0 Å². The highest BCUT2D eigenvalue weighted by molar-refractivity contribution is 6.11. The van der Waals surface area contributed by atoms with E-state index in [0.717, 1.165) is 5.56 Å². The minimum absolute atomic E-state index is 0.231. The maximum atomic E-state index is 12.6. The predicted octanol–water partition coefficient (Wildman–Crippen LogP) is 3.15. The maximum Gasteiger partial charge on any atom is 0.337 e. The molecule has 0 radical (unpaired) electrons. The molecule has 0 spiro atoms. The SMILES string of the molecule is CCOc1ccc2c(C(=O)Nc3ncccc3C)cc(=O)oc2c1. The fourth-order valence-electron chi connectivity index (χ4n) is 2.38. The molecule has 0 fully saturated rings.